The lowest BCUT2D eigenvalue weighted by Gasteiger charge is -2.24. The highest BCUT2D eigenvalue weighted by Gasteiger charge is 2.56. The molecule has 1 aliphatic heterocycles. The lowest BCUT2D eigenvalue weighted by atomic mass is 9.83. The number of rotatable bonds is 4. The van der Waals surface area contributed by atoms with Crippen molar-refractivity contribution in [3.8, 4) is 0 Å². The monoisotopic (exact) mass is 244 g/mol. The molecule has 2 atom stereocenters. The lowest BCUT2D eigenvalue weighted by Crippen LogP contribution is -2.43. The predicted molar refractivity (Wildman–Crippen MR) is 55.9 cm³/mol. The lowest BCUT2D eigenvalue weighted by molar-refractivity contribution is -0.172. The maximum atomic E-state index is 11.8. The zero-order valence-corrected chi connectivity index (χ0v) is 10.1. The molecule has 0 bridgehead atoms. The highest BCUT2D eigenvalue weighted by Crippen LogP contribution is 2.37. The number of hydrogen-bond donors (Lipinski definition) is 0. The molecule has 6 heteroatoms. The molecule has 0 spiro atoms. The van der Waals surface area contributed by atoms with Crippen LogP contribution < -0.4 is 0 Å². The van der Waals surface area contributed by atoms with Crippen LogP contribution in [0.1, 0.15) is 27.2 Å². The molecule has 0 radical (unpaired) electrons. The van der Waals surface area contributed by atoms with E-state index in [1.54, 1.807) is 13.8 Å². The van der Waals surface area contributed by atoms with Crippen LogP contribution in [0.2, 0.25) is 0 Å². The first kappa shape index (κ1) is 13.5. The van der Waals surface area contributed by atoms with E-state index in [4.69, 9.17) is 14.2 Å². The number of ether oxygens (including phenoxy) is 3. The van der Waals surface area contributed by atoms with Crippen LogP contribution in [0.4, 0.5) is 0 Å². The standard InChI is InChI=1S/C11H16O6/c1-4-15-9(13)8-11(3,6-7(12)17-8)10(14)16-5-2/h8H,4-6H2,1-3H3. The summed E-state index contributed by atoms with van der Waals surface area (Å²) >= 11 is 0. The maximum Gasteiger partial charge on any atom is 0.348 e. The fourth-order valence-electron chi connectivity index (χ4n) is 1.70. The van der Waals surface area contributed by atoms with Gasteiger partial charge in [0.1, 0.15) is 5.41 Å². The Bertz CT molecular complexity index is 337. The van der Waals surface area contributed by atoms with E-state index in [-0.39, 0.29) is 19.6 Å². The van der Waals surface area contributed by atoms with Gasteiger partial charge in [-0.3, -0.25) is 9.59 Å². The van der Waals surface area contributed by atoms with Gasteiger partial charge in [-0.15, -0.1) is 0 Å². The molecule has 0 aromatic carbocycles. The van der Waals surface area contributed by atoms with Crippen LogP contribution in [0.15, 0.2) is 0 Å². The van der Waals surface area contributed by atoms with Gasteiger partial charge in [-0.1, -0.05) is 0 Å². The molecule has 6 nitrogen and oxygen atoms in total. The molecule has 1 fully saturated rings. The predicted octanol–water partition coefficient (Wildman–Crippen LogP) is 0.434. The number of carbonyl (C=O) groups is 3. The van der Waals surface area contributed by atoms with Gasteiger partial charge in [-0.05, 0) is 20.8 Å². The van der Waals surface area contributed by atoms with E-state index in [0.29, 0.717) is 0 Å². The molecular formula is C11H16O6. The molecular weight excluding hydrogens is 228 g/mol. The summed E-state index contributed by atoms with van der Waals surface area (Å²) in [5.74, 6) is -1.93. The molecule has 0 amide bonds. The fraction of sp³-hybridized carbons (Fsp3) is 0.727. The third-order valence-electron chi connectivity index (χ3n) is 2.58. The smallest absolute Gasteiger partial charge is 0.348 e. The van der Waals surface area contributed by atoms with Crippen molar-refractivity contribution in [3.05, 3.63) is 0 Å². The summed E-state index contributed by atoms with van der Waals surface area (Å²) in [4.78, 5) is 34.6. The van der Waals surface area contributed by atoms with Crippen molar-refractivity contribution in [1.29, 1.82) is 0 Å². The van der Waals surface area contributed by atoms with E-state index in [9.17, 15) is 14.4 Å². The summed E-state index contributed by atoms with van der Waals surface area (Å²) in [5, 5.41) is 0. The molecule has 0 N–H and O–H groups in total. The molecule has 0 aromatic rings. The van der Waals surface area contributed by atoms with Gasteiger partial charge in [0.15, 0.2) is 0 Å². The summed E-state index contributed by atoms with van der Waals surface area (Å²) in [5.41, 5.74) is -1.29. The van der Waals surface area contributed by atoms with Gasteiger partial charge >= 0.3 is 17.9 Å². The second kappa shape index (κ2) is 5.16. The highest BCUT2D eigenvalue weighted by molar-refractivity contribution is 5.94. The molecule has 2 unspecified atom stereocenters. The topological polar surface area (TPSA) is 78.9 Å². The van der Waals surface area contributed by atoms with Crippen molar-refractivity contribution < 1.29 is 28.6 Å². The van der Waals surface area contributed by atoms with Gasteiger partial charge in [0.05, 0.1) is 19.6 Å². The Hall–Kier alpha value is -1.59. The van der Waals surface area contributed by atoms with Crippen molar-refractivity contribution in [2.24, 2.45) is 5.41 Å². The van der Waals surface area contributed by atoms with Crippen LogP contribution in [0, 0.1) is 5.41 Å². The molecule has 1 aliphatic rings. The zero-order chi connectivity index (χ0) is 13.1. The third kappa shape index (κ3) is 2.57. The maximum absolute atomic E-state index is 11.8. The largest absolute Gasteiger partial charge is 0.465 e. The van der Waals surface area contributed by atoms with Crippen molar-refractivity contribution in [2.75, 3.05) is 13.2 Å². The van der Waals surface area contributed by atoms with E-state index >= 15 is 0 Å². The van der Waals surface area contributed by atoms with Crippen LogP contribution in [-0.4, -0.2) is 37.2 Å². The quantitative estimate of drug-likeness (QED) is 0.527. The Labute approximate surface area is 99.2 Å². The molecule has 0 aromatic heterocycles. The van der Waals surface area contributed by atoms with Crippen molar-refractivity contribution >= 4 is 17.9 Å². The highest BCUT2D eigenvalue weighted by atomic mass is 16.6. The average Bonchev–Trinajstić information content (AvgIpc) is 2.56. The fourth-order valence-corrected chi connectivity index (χ4v) is 1.70. The number of hydrogen-bond acceptors (Lipinski definition) is 6. The van der Waals surface area contributed by atoms with Gasteiger partial charge in [0.2, 0.25) is 6.10 Å². The van der Waals surface area contributed by atoms with Gasteiger partial charge in [-0.25, -0.2) is 4.79 Å². The van der Waals surface area contributed by atoms with E-state index in [1.807, 2.05) is 0 Å². The van der Waals surface area contributed by atoms with Crippen LogP contribution in [0.5, 0.6) is 0 Å². The van der Waals surface area contributed by atoms with Crippen LogP contribution in [-0.2, 0) is 28.6 Å². The summed E-state index contributed by atoms with van der Waals surface area (Å²) in [6.45, 7) is 5.09. The Morgan fingerprint density at radius 3 is 2.47 bits per heavy atom. The van der Waals surface area contributed by atoms with Crippen LogP contribution in [0.25, 0.3) is 0 Å². The summed E-state index contributed by atoms with van der Waals surface area (Å²) in [6, 6.07) is 0. The minimum Gasteiger partial charge on any atom is -0.465 e. The molecule has 96 valence electrons. The SMILES string of the molecule is CCOC(=O)C1OC(=O)CC1(C)C(=O)OCC. The minimum atomic E-state index is -1.29. The van der Waals surface area contributed by atoms with Gasteiger partial charge < -0.3 is 14.2 Å². The van der Waals surface area contributed by atoms with E-state index < -0.39 is 29.4 Å². The van der Waals surface area contributed by atoms with E-state index in [1.165, 1.54) is 6.92 Å². The number of cyclic esters (lactones) is 1. The minimum absolute atomic E-state index is 0.159. The first-order valence-electron chi connectivity index (χ1n) is 5.49. The Morgan fingerprint density at radius 2 is 1.94 bits per heavy atom. The number of carbonyl (C=O) groups excluding carboxylic acids is 3. The Balaban J connectivity index is 2.90. The molecule has 17 heavy (non-hydrogen) atoms. The summed E-state index contributed by atoms with van der Waals surface area (Å²) in [7, 11) is 0. The number of esters is 3. The molecule has 1 saturated heterocycles. The molecule has 1 rings (SSSR count). The van der Waals surface area contributed by atoms with Gasteiger partial charge in [0.25, 0.3) is 0 Å². The zero-order valence-electron chi connectivity index (χ0n) is 10.1. The Morgan fingerprint density at radius 1 is 1.35 bits per heavy atom. The summed E-state index contributed by atoms with van der Waals surface area (Å²) < 4.78 is 14.5. The van der Waals surface area contributed by atoms with E-state index in [2.05, 4.69) is 0 Å². The first-order chi connectivity index (χ1) is 7.95. The van der Waals surface area contributed by atoms with Crippen LogP contribution >= 0.6 is 0 Å². The second-order valence-electron chi connectivity index (χ2n) is 3.94. The summed E-state index contributed by atoms with van der Waals surface area (Å²) in [6.07, 6.45) is -1.39. The molecule has 1 heterocycles. The molecule has 0 saturated carbocycles. The van der Waals surface area contributed by atoms with Crippen molar-refractivity contribution in [1.82, 2.24) is 0 Å². The van der Waals surface area contributed by atoms with Gasteiger partial charge in [0, 0.05) is 0 Å². The first-order valence-corrected chi connectivity index (χ1v) is 5.49. The third-order valence-corrected chi connectivity index (χ3v) is 2.58. The average molecular weight is 244 g/mol. The normalized spacial score (nSPS) is 27.5. The Kier molecular flexibility index (Phi) is 4.09. The van der Waals surface area contributed by atoms with Crippen LogP contribution in [0.3, 0.4) is 0 Å². The second-order valence-corrected chi connectivity index (χ2v) is 3.94. The van der Waals surface area contributed by atoms with Crippen molar-refractivity contribution in [2.45, 2.75) is 33.3 Å². The van der Waals surface area contributed by atoms with Gasteiger partial charge in [-0.2, -0.15) is 0 Å². The van der Waals surface area contributed by atoms with Crippen molar-refractivity contribution in [3.63, 3.8) is 0 Å². The molecule has 0 aliphatic carbocycles. The van der Waals surface area contributed by atoms with E-state index in [0.717, 1.165) is 0 Å².